The minimum atomic E-state index is -4.71. The van der Waals surface area contributed by atoms with Gasteiger partial charge in [0, 0.05) is 66.1 Å². The lowest BCUT2D eigenvalue weighted by Crippen LogP contribution is -2.46. The Morgan fingerprint density at radius 1 is 0.879 bits per heavy atom. The molecule has 7 rings (SSSR count). The summed E-state index contributed by atoms with van der Waals surface area (Å²) in [5.41, 5.74) is 3.42. The highest BCUT2D eigenvalue weighted by atomic mass is 19.4. The molecule has 12 nitrogen and oxygen atoms in total. The molecular weight excluding hydrogens is 850 g/mol. The molecule has 2 aliphatic carbocycles. The quantitative estimate of drug-likeness (QED) is 0.0944. The molecule has 15 heteroatoms. The van der Waals surface area contributed by atoms with Crippen molar-refractivity contribution in [3.63, 3.8) is 0 Å². The van der Waals surface area contributed by atoms with Crippen LogP contribution in [0.15, 0.2) is 102 Å². The van der Waals surface area contributed by atoms with Gasteiger partial charge in [-0.1, -0.05) is 68.7 Å². The van der Waals surface area contributed by atoms with Crippen molar-refractivity contribution in [3.8, 4) is 17.1 Å². The minimum absolute atomic E-state index is 0.00313. The number of benzene rings is 3. The number of carbonyl (C=O) groups excluding carboxylic acids is 3. The van der Waals surface area contributed by atoms with Gasteiger partial charge in [0.25, 0.3) is 5.91 Å². The molecule has 2 heterocycles. The van der Waals surface area contributed by atoms with E-state index in [0.29, 0.717) is 23.5 Å². The van der Waals surface area contributed by atoms with Crippen molar-refractivity contribution in [1.82, 2.24) is 20.2 Å². The third-order valence-electron chi connectivity index (χ3n) is 13.0. The SMILES string of the molecule is CCC1CCC(C2CC=C(c3cnc(-c4ccc(CN(CC(=O)N[C@H](CC5=CCC=N5)C(=O)O)C(=O)c5ccc(NC(=O)Cc6ccc(OC)cc6C(F)(F)F)cc5)cc4)nc3)CC2)CC1. The Labute approximate surface area is 382 Å². The number of amides is 3. The number of hydrogen-bond acceptors (Lipinski definition) is 8. The van der Waals surface area contributed by atoms with E-state index in [2.05, 4.69) is 38.6 Å². The number of methoxy groups -OCH3 is 1. The van der Waals surface area contributed by atoms with E-state index in [1.165, 1.54) is 92.5 Å². The number of nitrogens with one attached hydrogen (secondary N) is 2. The molecular formula is C51H55F3N6O6. The largest absolute Gasteiger partial charge is 0.497 e. The van der Waals surface area contributed by atoms with Crippen molar-refractivity contribution in [2.75, 3.05) is 19.0 Å². The van der Waals surface area contributed by atoms with E-state index in [0.717, 1.165) is 47.8 Å². The van der Waals surface area contributed by atoms with Gasteiger partial charge < -0.3 is 25.4 Å². The number of hydrogen-bond donors (Lipinski definition) is 3. The fourth-order valence-electron chi connectivity index (χ4n) is 9.16. The number of carboxylic acids is 1. The summed E-state index contributed by atoms with van der Waals surface area (Å²) in [6.45, 7) is 1.78. The Morgan fingerprint density at radius 3 is 2.21 bits per heavy atom. The van der Waals surface area contributed by atoms with E-state index >= 15 is 0 Å². The smallest absolute Gasteiger partial charge is 0.416 e. The summed E-state index contributed by atoms with van der Waals surface area (Å²) in [5.74, 6) is -0.216. The first kappa shape index (κ1) is 47.3. The predicted octanol–water partition coefficient (Wildman–Crippen LogP) is 9.71. The van der Waals surface area contributed by atoms with E-state index in [1.807, 2.05) is 24.5 Å². The number of aliphatic carboxylic acids is 1. The average Bonchev–Trinajstić information content (AvgIpc) is 3.84. The van der Waals surface area contributed by atoms with Gasteiger partial charge in [0.2, 0.25) is 11.8 Å². The van der Waals surface area contributed by atoms with Gasteiger partial charge in [0.1, 0.15) is 18.3 Å². The molecule has 3 amide bonds. The van der Waals surface area contributed by atoms with Crippen molar-refractivity contribution in [3.05, 3.63) is 125 Å². The normalized spacial score (nSPS) is 18.7. The van der Waals surface area contributed by atoms with Crippen molar-refractivity contribution in [1.29, 1.82) is 0 Å². The summed E-state index contributed by atoms with van der Waals surface area (Å²) in [6.07, 6.45) is 14.8. The van der Waals surface area contributed by atoms with Crippen LogP contribution in [0.5, 0.6) is 5.75 Å². The third kappa shape index (κ3) is 12.4. The molecule has 1 aromatic heterocycles. The van der Waals surface area contributed by atoms with Crippen LogP contribution in [0.25, 0.3) is 17.0 Å². The van der Waals surface area contributed by atoms with Crippen LogP contribution >= 0.6 is 0 Å². The van der Waals surface area contributed by atoms with Gasteiger partial charge in [-0.05, 0) is 103 Å². The number of anilines is 1. The molecule has 1 unspecified atom stereocenters. The standard InChI is InChI=1S/C51H55F3N6O6/c1-3-32-6-10-34(11-7-32)35-14-16-36(17-15-35)40-28-56-48(57-29-40)37-12-8-33(9-13-37)30-60(31-47(62)59-45(50(64)65)26-42-5-4-24-55-42)49(63)38-18-21-41(22-19-38)58-46(61)25-39-20-23-43(66-2)27-44(39)51(52,53)54/h5,8-9,12-13,16,18-24,27-29,32,34-35,45H,3-4,6-7,10-11,14-15,17,25-26,30-31H2,1-2H3,(H,58,61)(H,59,62)(H,64,65)/t32?,34?,35?,45-/m1/s1. The number of carbonyl (C=O) groups is 4. The topological polar surface area (TPSA) is 163 Å². The fourth-order valence-corrected chi connectivity index (χ4v) is 9.16. The first-order valence-electron chi connectivity index (χ1n) is 22.5. The second kappa shape index (κ2) is 21.6. The summed E-state index contributed by atoms with van der Waals surface area (Å²) in [4.78, 5) is 67.3. The molecule has 1 saturated carbocycles. The van der Waals surface area contributed by atoms with Crippen LogP contribution in [0.1, 0.15) is 104 Å². The van der Waals surface area contributed by atoms with Crippen LogP contribution < -0.4 is 15.4 Å². The van der Waals surface area contributed by atoms with E-state index in [-0.39, 0.29) is 35.5 Å². The molecule has 1 fully saturated rings. The van der Waals surface area contributed by atoms with Crippen molar-refractivity contribution >= 4 is 41.2 Å². The van der Waals surface area contributed by atoms with Gasteiger partial charge in [-0.3, -0.25) is 19.4 Å². The Kier molecular flexibility index (Phi) is 15.5. The molecule has 0 bridgehead atoms. The zero-order valence-electron chi connectivity index (χ0n) is 37.2. The van der Waals surface area contributed by atoms with Gasteiger partial charge in [-0.2, -0.15) is 13.2 Å². The number of ether oxygens (including phenoxy) is 1. The molecule has 1 aliphatic heterocycles. The van der Waals surface area contributed by atoms with E-state index in [4.69, 9.17) is 4.74 Å². The maximum absolute atomic E-state index is 14.1. The summed E-state index contributed by atoms with van der Waals surface area (Å²) in [6, 6.07) is 15.1. The highest BCUT2D eigenvalue weighted by Gasteiger charge is 2.34. The molecule has 3 aromatic carbocycles. The number of allylic oxidation sites excluding steroid dienone is 3. The Bertz CT molecular complexity index is 2460. The van der Waals surface area contributed by atoms with Gasteiger partial charge in [-0.25, -0.2) is 14.8 Å². The lowest BCUT2D eigenvalue weighted by molar-refractivity contribution is -0.142. The van der Waals surface area contributed by atoms with Crippen molar-refractivity contribution in [2.24, 2.45) is 22.7 Å². The van der Waals surface area contributed by atoms with E-state index in [1.54, 1.807) is 24.4 Å². The van der Waals surface area contributed by atoms with Crippen molar-refractivity contribution in [2.45, 2.75) is 96.3 Å². The van der Waals surface area contributed by atoms with Crippen LogP contribution in [0, 0.1) is 17.8 Å². The first-order valence-corrected chi connectivity index (χ1v) is 22.5. The van der Waals surface area contributed by atoms with Crippen LogP contribution in [0.2, 0.25) is 0 Å². The highest BCUT2D eigenvalue weighted by Crippen LogP contribution is 2.42. The Hall–Kier alpha value is -6.64. The molecule has 346 valence electrons. The summed E-state index contributed by atoms with van der Waals surface area (Å²) >= 11 is 0. The molecule has 0 spiro atoms. The summed E-state index contributed by atoms with van der Waals surface area (Å²) < 4.78 is 46.2. The molecule has 4 aromatic rings. The zero-order valence-corrected chi connectivity index (χ0v) is 37.2. The number of aliphatic imine (C=N–C) groups is 1. The van der Waals surface area contributed by atoms with Crippen LogP contribution in [0.3, 0.4) is 0 Å². The Morgan fingerprint density at radius 2 is 1.61 bits per heavy atom. The Balaban J connectivity index is 1.02. The number of alkyl halides is 3. The van der Waals surface area contributed by atoms with Gasteiger partial charge >= 0.3 is 12.1 Å². The van der Waals surface area contributed by atoms with Crippen LogP contribution in [0.4, 0.5) is 18.9 Å². The maximum Gasteiger partial charge on any atom is 0.416 e. The van der Waals surface area contributed by atoms with Crippen molar-refractivity contribution < 1.29 is 42.2 Å². The number of rotatable bonds is 17. The molecule has 3 N–H and O–H groups in total. The average molecular weight is 905 g/mol. The van der Waals surface area contributed by atoms with Crippen LogP contribution in [-0.4, -0.2) is 69.6 Å². The predicted molar refractivity (Wildman–Crippen MR) is 245 cm³/mol. The second-order valence-corrected chi connectivity index (χ2v) is 17.3. The van der Waals surface area contributed by atoms with E-state index < -0.39 is 54.4 Å². The fraction of sp³-hybridized carbons (Fsp3) is 0.392. The number of aromatic nitrogens is 2. The highest BCUT2D eigenvalue weighted by molar-refractivity contribution is 5.98. The summed E-state index contributed by atoms with van der Waals surface area (Å²) in [5, 5.41) is 15.0. The number of carboxylic acid groups (broad SMARTS) is 1. The number of nitrogens with zero attached hydrogens (tertiary/aromatic N) is 4. The molecule has 66 heavy (non-hydrogen) atoms. The minimum Gasteiger partial charge on any atom is -0.497 e. The first-order chi connectivity index (χ1) is 31.8. The monoisotopic (exact) mass is 904 g/mol. The van der Waals surface area contributed by atoms with Gasteiger partial charge in [0.15, 0.2) is 5.82 Å². The molecule has 0 saturated heterocycles. The van der Waals surface area contributed by atoms with E-state index in [9.17, 15) is 37.5 Å². The van der Waals surface area contributed by atoms with Crippen LogP contribution in [-0.2, 0) is 33.5 Å². The number of halogens is 3. The summed E-state index contributed by atoms with van der Waals surface area (Å²) in [7, 11) is 1.25. The lowest BCUT2D eigenvalue weighted by Gasteiger charge is -2.35. The third-order valence-corrected chi connectivity index (χ3v) is 13.0. The van der Waals surface area contributed by atoms with Gasteiger partial charge in [0.05, 0.1) is 19.1 Å². The lowest BCUT2D eigenvalue weighted by atomic mass is 9.71. The molecule has 3 aliphatic rings. The molecule has 0 radical (unpaired) electrons. The zero-order chi connectivity index (χ0) is 46.8. The molecule has 2 atom stereocenters. The maximum atomic E-state index is 14.1. The second-order valence-electron chi connectivity index (χ2n) is 17.3. The van der Waals surface area contributed by atoms with Gasteiger partial charge in [-0.15, -0.1) is 0 Å².